The molecule has 0 spiro atoms. The van der Waals surface area contributed by atoms with Crippen LogP contribution < -0.4 is 0 Å². The summed E-state index contributed by atoms with van der Waals surface area (Å²) >= 11 is 0. The summed E-state index contributed by atoms with van der Waals surface area (Å²) in [5.74, 6) is 0.753. The largest absolute Gasteiger partial charge is 0.370 e. The molecule has 2 fully saturated rings. The molecule has 0 amide bonds. The summed E-state index contributed by atoms with van der Waals surface area (Å²) in [6, 6.07) is 0. The molecule has 0 aromatic rings. The summed E-state index contributed by atoms with van der Waals surface area (Å²) in [5.41, 5.74) is 1.34. The van der Waals surface area contributed by atoms with E-state index in [1.165, 1.54) is 24.8 Å². The Morgan fingerprint density at radius 2 is 2.20 bits per heavy atom. The van der Waals surface area contributed by atoms with Gasteiger partial charge in [0.15, 0.2) is 0 Å². The Hall–Kier alpha value is -0.300. The van der Waals surface area contributed by atoms with Gasteiger partial charge in [-0.2, -0.15) is 0 Å². The highest BCUT2D eigenvalue weighted by Crippen LogP contribution is 2.41. The van der Waals surface area contributed by atoms with Crippen molar-refractivity contribution < 1.29 is 4.74 Å². The highest BCUT2D eigenvalue weighted by Gasteiger charge is 2.43. The number of rotatable bonds is 1. The van der Waals surface area contributed by atoms with Crippen LogP contribution in [0.25, 0.3) is 0 Å². The van der Waals surface area contributed by atoms with E-state index in [2.05, 4.69) is 13.5 Å². The lowest BCUT2D eigenvalue weighted by Crippen LogP contribution is -2.13. The first-order valence-corrected chi connectivity index (χ1v) is 4.08. The van der Waals surface area contributed by atoms with Gasteiger partial charge in [0, 0.05) is 0 Å². The molecule has 2 rings (SSSR count). The van der Waals surface area contributed by atoms with Gasteiger partial charge in [-0.1, -0.05) is 12.2 Å². The molecule has 1 heteroatoms. The lowest BCUT2D eigenvalue weighted by atomic mass is 9.85. The number of hydrogen-bond acceptors (Lipinski definition) is 1. The average molecular weight is 138 g/mol. The Morgan fingerprint density at radius 1 is 1.40 bits per heavy atom. The maximum absolute atomic E-state index is 5.42. The van der Waals surface area contributed by atoms with E-state index in [0.29, 0.717) is 12.2 Å². The fraction of sp³-hybridized carbons (Fsp3) is 0.778. The topological polar surface area (TPSA) is 12.5 Å². The van der Waals surface area contributed by atoms with E-state index in [-0.39, 0.29) is 0 Å². The Balaban J connectivity index is 1.94. The van der Waals surface area contributed by atoms with Gasteiger partial charge in [-0.15, -0.1) is 0 Å². The minimum Gasteiger partial charge on any atom is -0.370 e. The van der Waals surface area contributed by atoms with Crippen molar-refractivity contribution in [1.82, 2.24) is 0 Å². The van der Waals surface area contributed by atoms with Crippen molar-refractivity contribution in [3.05, 3.63) is 12.2 Å². The first-order valence-electron chi connectivity index (χ1n) is 4.08. The quantitative estimate of drug-likeness (QED) is 0.399. The van der Waals surface area contributed by atoms with Gasteiger partial charge in [-0.05, 0) is 32.1 Å². The molecule has 0 bridgehead atoms. The Kier molecular flexibility index (Phi) is 1.34. The lowest BCUT2D eigenvalue weighted by Gasteiger charge is -2.18. The number of ether oxygens (including phenoxy) is 1. The molecular formula is C9H14O. The fourth-order valence-corrected chi connectivity index (χ4v) is 1.85. The zero-order valence-electron chi connectivity index (χ0n) is 6.47. The van der Waals surface area contributed by atoms with Crippen LogP contribution in [0.5, 0.6) is 0 Å². The fourth-order valence-electron chi connectivity index (χ4n) is 1.85. The van der Waals surface area contributed by atoms with Crippen LogP contribution in [0, 0.1) is 5.92 Å². The van der Waals surface area contributed by atoms with Gasteiger partial charge in [0.2, 0.25) is 0 Å². The first-order chi connectivity index (χ1) is 4.77. The number of allylic oxidation sites excluding steroid dienone is 1. The van der Waals surface area contributed by atoms with Crippen LogP contribution in [0.15, 0.2) is 12.2 Å². The van der Waals surface area contributed by atoms with Crippen molar-refractivity contribution in [3.63, 3.8) is 0 Å². The monoisotopic (exact) mass is 138 g/mol. The van der Waals surface area contributed by atoms with E-state index >= 15 is 0 Å². The zero-order chi connectivity index (χ0) is 7.14. The molecule has 0 aromatic heterocycles. The molecule has 0 aromatic carbocycles. The molecule has 1 aliphatic heterocycles. The summed E-state index contributed by atoms with van der Waals surface area (Å²) in [6.07, 6.45) is 5.05. The van der Waals surface area contributed by atoms with Gasteiger partial charge >= 0.3 is 0 Å². The van der Waals surface area contributed by atoms with Crippen molar-refractivity contribution in [2.45, 2.75) is 38.4 Å². The van der Waals surface area contributed by atoms with E-state index in [0.717, 1.165) is 5.92 Å². The van der Waals surface area contributed by atoms with Crippen LogP contribution in [0.4, 0.5) is 0 Å². The van der Waals surface area contributed by atoms with Gasteiger partial charge in [-0.25, -0.2) is 0 Å². The van der Waals surface area contributed by atoms with Gasteiger partial charge in [0.25, 0.3) is 0 Å². The SMILES string of the molecule is C=C(C)[C@H]1CCC2OC2C1. The maximum Gasteiger partial charge on any atom is 0.0847 e. The maximum atomic E-state index is 5.42. The molecule has 3 atom stereocenters. The molecular weight excluding hydrogens is 124 g/mol. The smallest absolute Gasteiger partial charge is 0.0847 e. The normalized spacial score (nSPS) is 44.3. The van der Waals surface area contributed by atoms with Crippen molar-refractivity contribution >= 4 is 0 Å². The molecule has 1 saturated carbocycles. The third-order valence-electron chi connectivity index (χ3n) is 2.70. The second-order valence-corrected chi connectivity index (χ2v) is 3.57. The second-order valence-electron chi connectivity index (χ2n) is 3.57. The first kappa shape index (κ1) is 6.41. The Morgan fingerprint density at radius 3 is 2.80 bits per heavy atom. The van der Waals surface area contributed by atoms with Gasteiger partial charge < -0.3 is 4.74 Å². The Labute approximate surface area is 62.1 Å². The van der Waals surface area contributed by atoms with Crippen LogP contribution in [0.1, 0.15) is 26.2 Å². The third-order valence-corrected chi connectivity index (χ3v) is 2.70. The van der Waals surface area contributed by atoms with Crippen LogP contribution in [0.3, 0.4) is 0 Å². The highest BCUT2D eigenvalue weighted by atomic mass is 16.6. The van der Waals surface area contributed by atoms with E-state index in [1.54, 1.807) is 0 Å². The van der Waals surface area contributed by atoms with Crippen LogP contribution in [0.2, 0.25) is 0 Å². The molecule has 0 N–H and O–H groups in total. The van der Waals surface area contributed by atoms with Gasteiger partial charge in [0.1, 0.15) is 0 Å². The molecule has 2 aliphatic rings. The van der Waals surface area contributed by atoms with Gasteiger partial charge in [-0.3, -0.25) is 0 Å². The van der Waals surface area contributed by atoms with E-state index in [4.69, 9.17) is 4.74 Å². The molecule has 1 aliphatic carbocycles. The predicted octanol–water partition coefficient (Wildman–Crippen LogP) is 2.13. The minimum atomic E-state index is 0.607. The van der Waals surface area contributed by atoms with Gasteiger partial charge in [0.05, 0.1) is 12.2 Å². The van der Waals surface area contributed by atoms with Crippen LogP contribution in [-0.2, 0) is 4.74 Å². The molecule has 1 heterocycles. The van der Waals surface area contributed by atoms with E-state index in [9.17, 15) is 0 Å². The number of hydrogen-bond donors (Lipinski definition) is 0. The minimum absolute atomic E-state index is 0.607. The predicted molar refractivity (Wildman–Crippen MR) is 40.8 cm³/mol. The lowest BCUT2D eigenvalue weighted by molar-refractivity contribution is 0.369. The molecule has 1 saturated heterocycles. The molecule has 0 radical (unpaired) electrons. The van der Waals surface area contributed by atoms with E-state index < -0.39 is 0 Å². The molecule has 56 valence electrons. The van der Waals surface area contributed by atoms with Crippen molar-refractivity contribution in [2.24, 2.45) is 5.92 Å². The summed E-state index contributed by atoms with van der Waals surface area (Å²) < 4.78 is 5.42. The van der Waals surface area contributed by atoms with Crippen molar-refractivity contribution in [3.8, 4) is 0 Å². The van der Waals surface area contributed by atoms with Crippen LogP contribution >= 0.6 is 0 Å². The Bertz CT molecular complexity index is 162. The molecule has 10 heavy (non-hydrogen) atoms. The summed E-state index contributed by atoms with van der Waals surface area (Å²) in [6.45, 7) is 6.11. The summed E-state index contributed by atoms with van der Waals surface area (Å²) in [4.78, 5) is 0. The molecule has 2 unspecified atom stereocenters. The van der Waals surface area contributed by atoms with E-state index in [1.807, 2.05) is 0 Å². The van der Waals surface area contributed by atoms with Crippen molar-refractivity contribution in [1.29, 1.82) is 0 Å². The second kappa shape index (κ2) is 2.09. The molecule has 1 nitrogen and oxygen atoms in total. The number of epoxide rings is 1. The highest BCUT2D eigenvalue weighted by molar-refractivity contribution is 5.04. The third kappa shape index (κ3) is 0.988. The van der Waals surface area contributed by atoms with Crippen LogP contribution in [-0.4, -0.2) is 12.2 Å². The number of fused-ring (bicyclic) bond motifs is 1. The average Bonchev–Trinajstić information content (AvgIpc) is 2.63. The standard InChI is InChI=1S/C9H14O/c1-6(2)7-3-4-8-9(5-7)10-8/h7-9H,1,3-5H2,2H3/t7-,8?,9?/m0/s1. The summed E-state index contributed by atoms with van der Waals surface area (Å²) in [7, 11) is 0. The summed E-state index contributed by atoms with van der Waals surface area (Å²) in [5, 5.41) is 0. The zero-order valence-corrected chi connectivity index (χ0v) is 6.47. The van der Waals surface area contributed by atoms with Crippen molar-refractivity contribution in [2.75, 3.05) is 0 Å².